The van der Waals surface area contributed by atoms with Gasteiger partial charge in [0.05, 0.1) is 6.10 Å². The fourth-order valence-corrected chi connectivity index (χ4v) is 4.21. The van der Waals surface area contributed by atoms with E-state index in [2.05, 4.69) is 10.6 Å². The molecule has 1 heterocycles. The molecule has 0 aromatic heterocycles. The van der Waals surface area contributed by atoms with Crippen LogP contribution in [0, 0.1) is 17.3 Å². The molecule has 1 amide bonds. The fourth-order valence-electron chi connectivity index (χ4n) is 4.21. The largest absolute Gasteiger partial charge is 0.391 e. The molecular formula is C16H29ClN2O2. The molecule has 122 valence electrons. The summed E-state index contributed by atoms with van der Waals surface area (Å²) in [5.74, 6) is 0.793. The molecule has 21 heavy (non-hydrogen) atoms. The van der Waals surface area contributed by atoms with Crippen molar-refractivity contribution < 1.29 is 9.90 Å². The Kier molecular flexibility index (Phi) is 5.92. The Morgan fingerprint density at radius 2 is 1.90 bits per heavy atom. The van der Waals surface area contributed by atoms with Crippen molar-refractivity contribution in [1.29, 1.82) is 0 Å². The van der Waals surface area contributed by atoms with E-state index < -0.39 is 0 Å². The number of piperidine rings is 1. The second kappa shape index (κ2) is 7.30. The summed E-state index contributed by atoms with van der Waals surface area (Å²) in [6.45, 7) is 2.55. The number of rotatable bonds is 4. The van der Waals surface area contributed by atoms with Crippen molar-refractivity contribution in [1.82, 2.24) is 10.6 Å². The van der Waals surface area contributed by atoms with Crippen LogP contribution in [0.15, 0.2) is 0 Å². The van der Waals surface area contributed by atoms with Crippen LogP contribution in [-0.4, -0.2) is 36.8 Å². The van der Waals surface area contributed by atoms with Crippen LogP contribution < -0.4 is 10.6 Å². The van der Waals surface area contributed by atoms with Gasteiger partial charge in [-0.2, -0.15) is 0 Å². The third kappa shape index (κ3) is 3.91. The summed E-state index contributed by atoms with van der Waals surface area (Å²) in [7, 11) is 0. The van der Waals surface area contributed by atoms with Crippen molar-refractivity contribution in [2.24, 2.45) is 17.3 Å². The topological polar surface area (TPSA) is 61.4 Å². The number of hydrogen-bond acceptors (Lipinski definition) is 3. The molecule has 3 aliphatic rings. The maximum absolute atomic E-state index is 12.2. The van der Waals surface area contributed by atoms with Crippen LogP contribution in [0.25, 0.3) is 0 Å². The molecule has 1 saturated heterocycles. The van der Waals surface area contributed by atoms with Gasteiger partial charge >= 0.3 is 0 Å². The van der Waals surface area contributed by atoms with E-state index >= 15 is 0 Å². The Balaban J connectivity index is 0.00000161. The molecule has 5 heteroatoms. The van der Waals surface area contributed by atoms with E-state index in [9.17, 15) is 9.90 Å². The molecule has 2 unspecified atom stereocenters. The SMILES string of the molecule is Cl.O=C(NCC(O)C1CCCCC1)C1CC12CCNCC2. The highest BCUT2D eigenvalue weighted by molar-refractivity contribution is 5.85. The Bertz CT molecular complexity index is 352. The first-order valence-electron chi connectivity index (χ1n) is 8.38. The molecular weight excluding hydrogens is 288 g/mol. The van der Waals surface area contributed by atoms with Gasteiger partial charge in [0, 0.05) is 12.5 Å². The van der Waals surface area contributed by atoms with E-state index in [0.717, 1.165) is 45.2 Å². The van der Waals surface area contributed by atoms with Gasteiger partial charge in [0.1, 0.15) is 0 Å². The van der Waals surface area contributed by atoms with Gasteiger partial charge in [-0.3, -0.25) is 4.79 Å². The van der Waals surface area contributed by atoms with Gasteiger partial charge in [0.15, 0.2) is 0 Å². The quantitative estimate of drug-likeness (QED) is 0.742. The second-order valence-electron chi connectivity index (χ2n) is 7.08. The molecule has 0 radical (unpaired) electrons. The maximum atomic E-state index is 12.2. The second-order valence-corrected chi connectivity index (χ2v) is 7.08. The van der Waals surface area contributed by atoms with Crippen molar-refractivity contribution in [2.45, 2.75) is 57.5 Å². The first kappa shape index (κ1) is 17.0. The summed E-state index contributed by atoms with van der Waals surface area (Å²) in [6.07, 6.45) is 8.98. The first-order valence-corrected chi connectivity index (χ1v) is 8.38. The zero-order valence-electron chi connectivity index (χ0n) is 12.8. The van der Waals surface area contributed by atoms with Gasteiger partial charge in [-0.25, -0.2) is 0 Å². The van der Waals surface area contributed by atoms with Gasteiger partial charge in [-0.15, -0.1) is 12.4 Å². The Labute approximate surface area is 133 Å². The summed E-state index contributed by atoms with van der Waals surface area (Å²) in [6, 6.07) is 0. The number of halogens is 1. The lowest BCUT2D eigenvalue weighted by Crippen LogP contribution is -2.39. The van der Waals surface area contributed by atoms with E-state index in [1.165, 1.54) is 19.3 Å². The molecule has 3 N–H and O–H groups in total. The minimum atomic E-state index is -0.345. The number of hydrogen-bond donors (Lipinski definition) is 3. The van der Waals surface area contributed by atoms with Crippen LogP contribution >= 0.6 is 12.4 Å². The maximum Gasteiger partial charge on any atom is 0.223 e. The van der Waals surface area contributed by atoms with E-state index in [1.807, 2.05) is 0 Å². The third-order valence-electron chi connectivity index (χ3n) is 5.78. The number of nitrogens with one attached hydrogen (secondary N) is 2. The van der Waals surface area contributed by atoms with Crippen LogP contribution in [0.1, 0.15) is 51.4 Å². The molecule has 1 aliphatic heterocycles. The number of aliphatic hydroxyl groups excluding tert-OH is 1. The molecule has 2 atom stereocenters. The fraction of sp³-hybridized carbons (Fsp3) is 0.938. The van der Waals surface area contributed by atoms with Gasteiger partial charge in [0.2, 0.25) is 5.91 Å². The van der Waals surface area contributed by atoms with Gasteiger partial charge in [-0.05, 0) is 56.5 Å². The Morgan fingerprint density at radius 3 is 2.57 bits per heavy atom. The predicted molar refractivity (Wildman–Crippen MR) is 85.5 cm³/mol. The zero-order chi connectivity index (χ0) is 14.0. The molecule has 0 bridgehead atoms. The standard InChI is InChI=1S/C16H28N2O2.ClH/c19-14(12-4-2-1-3-5-12)11-18-15(20)13-10-16(13)6-8-17-9-7-16;/h12-14,17,19H,1-11H2,(H,18,20);1H. The molecule has 0 aromatic carbocycles. The molecule has 4 nitrogen and oxygen atoms in total. The zero-order valence-corrected chi connectivity index (χ0v) is 13.6. The highest BCUT2D eigenvalue weighted by atomic mass is 35.5. The summed E-state index contributed by atoms with van der Waals surface area (Å²) < 4.78 is 0. The Morgan fingerprint density at radius 1 is 1.24 bits per heavy atom. The van der Waals surface area contributed by atoms with E-state index in [0.29, 0.717) is 17.9 Å². The lowest BCUT2D eigenvalue weighted by molar-refractivity contribution is -0.124. The molecule has 3 rings (SSSR count). The lowest BCUT2D eigenvalue weighted by Gasteiger charge is -2.27. The van der Waals surface area contributed by atoms with Crippen LogP contribution in [0.5, 0.6) is 0 Å². The molecule has 2 saturated carbocycles. The predicted octanol–water partition coefficient (Wildman–Crippen LogP) is 1.86. The normalized spacial score (nSPS) is 29.5. The van der Waals surface area contributed by atoms with E-state index in [4.69, 9.17) is 0 Å². The average Bonchev–Trinajstić information content (AvgIpc) is 3.19. The molecule has 3 fully saturated rings. The molecule has 2 aliphatic carbocycles. The molecule has 0 aromatic rings. The average molecular weight is 317 g/mol. The van der Waals surface area contributed by atoms with Gasteiger partial charge in [-0.1, -0.05) is 19.3 Å². The number of carbonyl (C=O) groups is 1. The van der Waals surface area contributed by atoms with Crippen LogP contribution in [0.4, 0.5) is 0 Å². The highest BCUT2D eigenvalue weighted by Crippen LogP contribution is 2.58. The lowest BCUT2D eigenvalue weighted by atomic mass is 9.85. The van der Waals surface area contributed by atoms with Crippen LogP contribution in [0.3, 0.4) is 0 Å². The van der Waals surface area contributed by atoms with Crippen LogP contribution in [-0.2, 0) is 4.79 Å². The third-order valence-corrected chi connectivity index (χ3v) is 5.78. The minimum Gasteiger partial charge on any atom is -0.391 e. The van der Waals surface area contributed by atoms with Crippen molar-refractivity contribution in [3.8, 4) is 0 Å². The van der Waals surface area contributed by atoms with Crippen molar-refractivity contribution in [3.63, 3.8) is 0 Å². The van der Waals surface area contributed by atoms with Gasteiger partial charge in [0.25, 0.3) is 0 Å². The monoisotopic (exact) mass is 316 g/mol. The van der Waals surface area contributed by atoms with E-state index in [1.54, 1.807) is 0 Å². The Hall–Kier alpha value is -0.320. The van der Waals surface area contributed by atoms with Crippen molar-refractivity contribution in [3.05, 3.63) is 0 Å². The first-order chi connectivity index (χ1) is 9.71. The summed E-state index contributed by atoms with van der Waals surface area (Å²) in [5, 5.41) is 16.6. The number of aliphatic hydroxyl groups is 1. The van der Waals surface area contributed by atoms with Crippen molar-refractivity contribution >= 4 is 18.3 Å². The summed E-state index contributed by atoms with van der Waals surface area (Å²) in [5.41, 5.74) is 0.297. The minimum absolute atomic E-state index is 0. The highest BCUT2D eigenvalue weighted by Gasteiger charge is 2.57. The van der Waals surface area contributed by atoms with Gasteiger partial charge < -0.3 is 15.7 Å². The molecule has 1 spiro atoms. The van der Waals surface area contributed by atoms with Crippen molar-refractivity contribution in [2.75, 3.05) is 19.6 Å². The number of amides is 1. The summed E-state index contributed by atoms with van der Waals surface area (Å²) in [4.78, 5) is 12.2. The van der Waals surface area contributed by atoms with E-state index in [-0.39, 0.29) is 30.3 Å². The smallest absolute Gasteiger partial charge is 0.223 e. The van der Waals surface area contributed by atoms with Crippen LogP contribution in [0.2, 0.25) is 0 Å². The summed E-state index contributed by atoms with van der Waals surface area (Å²) >= 11 is 0. The number of carbonyl (C=O) groups excluding carboxylic acids is 1.